The highest BCUT2D eigenvalue weighted by Crippen LogP contribution is 2.15. The topological polar surface area (TPSA) is 75.9 Å². The van der Waals surface area contributed by atoms with E-state index in [-0.39, 0.29) is 30.8 Å². The molecule has 0 radical (unpaired) electrons. The van der Waals surface area contributed by atoms with E-state index < -0.39 is 5.97 Å². The van der Waals surface area contributed by atoms with E-state index in [0.717, 1.165) is 6.42 Å². The third-order valence-electron chi connectivity index (χ3n) is 2.57. The zero-order valence-corrected chi connectivity index (χ0v) is 12.4. The molecule has 0 fully saturated rings. The zero-order valence-electron chi connectivity index (χ0n) is 12.4. The zero-order chi connectivity index (χ0) is 15.1. The van der Waals surface area contributed by atoms with E-state index in [2.05, 4.69) is 4.98 Å². The molecule has 0 bridgehead atoms. The summed E-state index contributed by atoms with van der Waals surface area (Å²) in [5.74, 6) is -0.591. The number of carbonyl (C=O) groups is 2. The van der Waals surface area contributed by atoms with Gasteiger partial charge in [-0.15, -0.1) is 0 Å². The second-order valence-corrected chi connectivity index (χ2v) is 4.45. The second kappa shape index (κ2) is 7.52. The Morgan fingerprint density at radius 3 is 2.60 bits per heavy atom. The Kier molecular flexibility index (Phi) is 6.02. The third kappa shape index (κ3) is 4.25. The summed E-state index contributed by atoms with van der Waals surface area (Å²) in [6.07, 6.45) is 2.08. The van der Waals surface area contributed by atoms with E-state index in [1.165, 1.54) is 11.2 Å². The van der Waals surface area contributed by atoms with Crippen LogP contribution in [0.1, 0.15) is 30.8 Å². The summed E-state index contributed by atoms with van der Waals surface area (Å²) in [7, 11) is 3.37. The van der Waals surface area contributed by atoms with Crippen molar-refractivity contribution in [2.45, 2.75) is 20.3 Å². The lowest BCUT2D eigenvalue weighted by Gasteiger charge is -2.21. The molecular weight excluding hydrogens is 262 g/mol. The summed E-state index contributed by atoms with van der Waals surface area (Å²) in [4.78, 5) is 30.6. The van der Waals surface area contributed by atoms with Crippen LogP contribution in [0.4, 0.5) is 6.01 Å². The minimum absolute atomic E-state index is 0.0608. The van der Waals surface area contributed by atoms with Gasteiger partial charge in [0, 0.05) is 20.6 Å². The van der Waals surface area contributed by atoms with Crippen molar-refractivity contribution in [1.82, 2.24) is 9.88 Å². The molecule has 0 aliphatic carbocycles. The maximum Gasteiger partial charge on any atom is 0.360 e. The Hall–Kier alpha value is -2.05. The van der Waals surface area contributed by atoms with Crippen LogP contribution in [0.3, 0.4) is 0 Å². The van der Waals surface area contributed by atoms with Crippen LogP contribution in [-0.2, 0) is 9.53 Å². The predicted octanol–water partition coefficient (Wildman–Crippen LogP) is 1.16. The van der Waals surface area contributed by atoms with E-state index in [4.69, 9.17) is 9.15 Å². The van der Waals surface area contributed by atoms with Crippen LogP contribution in [0.25, 0.3) is 0 Å². The van der Waals surface area contributed by atoms with Gasteiger partial charge in [-0.25, -0.2) is 4.79 Å². The maximum atomic E-state index is 11.8. The van der Waals surface area contributed by atoms with Crippen molar-refractivity contribution in [3.05, 3.63) is 12.0 Å². The van der Waals surface area contributed by atoms with Gasteiger partial charge in [-0.3, -0.25) is 4.79 Å². The number of anilines is 1. The lowest BCUT2D eigenvalue weighted by Crippen LogP contribution is -2.37. The van der Waals surface area contributed by atoms with E-state index in [9.17, 15) is 9.59 Å². The van der Waals surface area contributed by atoms with Crippen molar-refractivity contribution in [3.63, 3.8) is 0 Å². The van der Waals surface area contributed by atoms with Gasteiger partial charge in [0.1, 0.15) is 12.8 Å². The number of esters is 1. The summed E-state index contributed by atoms with van der Waals surface area (Å²) < 4.78 is 10.1. The molecule has 1 heterocycles. The maximum absolute atomic E-state index is 11.8. The third-order valence-corrected chi connectivity index (χ3v) is 2.57. The van der Waals surface area contributed by atoms with Crippen molar-refractivity contribution >= 4 is 17.9 Å². The first-order valence-corrected chi connectivity index (χ1v) is 6.57. The van der Waals surface area contributed by atoms with Crippen LogP contribution in [0.15, 0.2) is 10.7 Å². The molecule has 1 aromatic heterocycles. The Morgan fingerprint density at radius 1 is 1.35 bits per heavy atom. The van der Waals surface area contributed by atoms with Crippen LogP contribution in [0, 0.1) is 0 Å². The largest absolute Gasteiger partial charge is 0.461 e. The second-order valence-electron chi connectivity index (χ2n) is 4.45. The standard InChI is InChI=1S/C13H21N3O4/c1-5-7-16(8-11(17)15(3)4)13-14-10(9-20-13)12(18)19-6-2/h9H,5-8H2,1-4H3. The molecule has 20 heavy (non-hydrogen) atoms. The smallest absolute Gasteiger partial charge is 0.360 e. The van der Waals surface area contributed by atoms with E-state index in [1.807, 2.05) is 6.92 Å². The predicted molar refractivity (Wildman–Crippen MR) is 73.7 cm³/mol. The number of hydrogen-bond acceptors (Lipinski definition) is 6. The highest BCUT2D eigenvalue weighted by molar-refractivity contribution is 5.87. The summed E-state index contributed by atoms with van der Waals surface area (Å²) in [6, 6.07) is 0.255. The van der Waals surface area contributed by atoms with Gasteiger partial charge in [0.05, 0.1) is 6.61 Å². The molecule has 0 aliphatic rings. The Balaban J connectivity index is 2.81. The van der Waals surface area contributed by atoms with Crippen LogP contribution in [-0.4, -0.2) is 55.6 Å². The summed E-state index contributed by atoms with van der Waals surface area (Å²) in [5.41, 5.74) is 0.111. The number of oxazole rings is 1. The summed E-state index contributed by atoms with van der Waals surface area (Å²) in [5, 5.41) is 0. The summed E-state index contributed by atoms with van der Waals surface area (Å²) >= 11 is 0. The molecule has 0 saturated carbocycles. The highest BCUT2D eigenvalue weighted by atomic mass is 16.5. The fourth-order valence-electron chi connectivity index (χ4n) is 1.53. The number of likely N-dealkylation sites (N-methyl/N-ethyl adjacent to an activating group) is 1. The first-order chi connectivity index (χ1) is 9.49. The van der Waals surface area contributed by atoms with Crippen LogP contribution in [0.2, 0.25) is 0 Å². The van der Waals surface area contributed by atoms with Crippen molar-refractivity contribution < 1.29 is 18.7 Å². The molecule has 0 atom stereocenters. The lowest BCUT2D eigenvalue weighted by molar-refractivity contribution is -0.127. The molecule has 7 heteroatoms. The fourth-order valence-corrected chi connectivity index (χ4v) is 1.53. The number of amides is 1. The quantitative estimate of drug-likeness (QED) is 0.699. The van der Waals surface area contributed by atoms with Crippen LogP contribution >= 0.6 is 0 Å². The molecular formula is C13H21N3O4. The molecule has 0 unspecified atom stereocenters. The van der Waals surface area contributed by atoms with Crippen molar-refractivity contribution in [3.8, 4) is 0 Å². The minimum Gasteiger partial charge on any atom is -0.461 e. The number of nitrogens with zero attached hydrogens (tertiary/aromatic N) is 3. The molecule has 0 spiro atoms. The van der Waals surface area contributed by atoms with Crippen LogP contribution < -0.4 is 4.90 Å². The van der Waals surface area contributed by atoms with Crippen LogP contribution in [0.5, 0.6) is 0 Å². The average Bonchev–Trinajstić information content (AvgIpc) is 2.87. The van der Waals surface area contributed by atoms with Crippen molar-refractivity contribution in [1.29, 1.82) is 0 Å². The van der Waals surface area contributed by atoms with Gasteiger partial charge in [-0.2, -0.15) is 4.98 Å². The molecule has 1 aromatic rings. The normalized spacial score (nSPS) is 10.2. The van der Waals surface area contributed by atoms with Gasteiger partial charge in [0.25, 0.3) is 6.01 Å². The SMILES string of the molecule is CCCN(CC(=O)N(C)C)c1nc(C(=O)OCC)co1. The van der Waals surface area contributed by atoms with Gasteiger partial charge >= 0.3 is 5.97 Å². The fraction of sp³-hybridized carbons (Fsp3) is 0.615. The van der Waals surface area contributed by atoms with Gasteiger partial charge in [-0.1, -0.05) is 6.92 Å². The molecule has 0 aromatic carbocycles. The minimum atomic E-state index is -0.530. The monoisotopic (exact) mass is 283 g/mol. The van der Waals surface area contributed by atoms with Gasteiger partial charge in [0.2, 0.25) is 5.91 Å². The molecule has 1 rings (SSSR count). The molecule has 1 amide bonds. The number of ether oxygens (including phenoxy) is 1. The van der Waals surface area contributed by atoms with Gasteiger partial charge in [-0.05, 0) is 13.3 Å². The van der Waals surface area contributed by atoms with E-state index in [1.54, 1.807) is 25.9 Å². The first kappa shape index (κ1) is 16.0. The van der Waals surface area contributed by atoms with Crippen molar-refractivity contribution in [2.75, 3.05) is 38.7 Å². The highest BCUT2D eigenvalue weighted by Gasteiger charge is 2.20. The van der Waals surface area contributed by atoms with Gasteiger partial charge in [0.15, 0.2) is 5.69 Å². The summed E-state index contributed by atoms with van der Waals surface area (Å²) in [6.45, 7) is 4.76. The number of carbonyl (C=O) groups excluding carboxylic acids is 2. The number of rotatable bonds is 7. The average molecular weight is 283 g/mol. The van der Waals surface area contributed by atoms with Crippen molar-refractivity contribution in [2.24, 2.45) is 0 Å². The Labute approximate surface area is 118 Å². The number of aromatic nitrogens is 1. The molecule has 0 N–H and O–H groups in total. The Bertz CT molecular complexity index is 456. The first-order valence-electron chi connectivity index (χ1n) is 6.57. The molecule has 7 nitrogen and oxygen atoms in total. The van der Waals surface area contributed by atoms with E-state index in [0.29, 0.717) is 6.54 Å². The van der Waals surface area contributed by atoms with E-state index >= 15 is 0 Å². The molecule has 112 valence electrons. The van der Waals surface area contributed by atoms with Gasteiger partial charge < -0.3 is 19.0 Å². The Morgan fingerprint density at radius 2 is 2.05 bits per heavy atom. The lowest BCUT2D eigenvalue weighted by atomic mass is 10.4. The molecule has 0 saturated heterocycles. The number of hydrogen-bond donors (Lipinski definition) is 0. The molecule has 0 aliphatic heterocycles.